The van der Waals surface area contributed by atoms with Crippen molar-refractivity contribution in [2.75, 3.05) is 11.9 Å². The predicted octanol–water partition coefficient (Wildman–Crippen LogP) is 3.94. The van der Waals surface area contributed by atoms with E-state index in [1.54, 1.807) is 29.4 Å². The van der Waals surface area contributed by atoms with E-state index in [1.165, 1.54) is 12.1 Å². The van der Waals surface area contributed by atoms with Crippen LogP contribution in [0.2, 0.25) is 5.02 Å². The van der Waals surface area contributed by atoms with E-state index in [0.717, 1.165) is 27.8 Å². The number of hydrogen-bond donors (Lipinski definition) is 2. The molecule has 0 saturated carbocycles. The number of carboxylic acids is 1. The van der Waals surface area contributed by atoms with Crippen LogP contribution in [0.15, 0.2) is 42.7 Å². The summed E-state index contributed by atoms with van der Waals surface area (Å²) < 4.78 is 14.0. The Morgan fingerprint density at radius 2 is 1.94 bits per heavy atom. The lowest BCUT2D eigenvalue weighted by Gasteiger charge is -2.27. The van der Waals surface area contributed by atoms with Crippen molar-refractivity contribution in [3.63, 3.8) is 0 Å². The van der Waals surface area contributed by atoms with E-state index in [4.69, 9.17) is 11.6 Å². The first-order valence-corrected chi connectivity index (χ1v) is 11.3. The number of nitrogens with zero attached hydrogens (tertiary/aromatic N) is 2. The van der Waals surface area contributed by atoms with E-state index in [9.17, 15) is 23.9 Å². The van der Waals surface area contributed by atoms with Gasteiger partial charge in [-0.1, -0.05) is 17.7 Å². The Balaban J connectivity index is 1.50. The number of aromatic nitrogens is 1. The molecule has 7 nitrogen and oxygen atoms in total. The Morgan fingerprint density at radius 1 is 1.18 bits per heavy atom. The smallest absolute Gasteiger partial charge is 0.339 e. The molecule has 2 N–H and O–H groups in total. The number of carboxylic acid groups (broad SMARTS) is 1. The standard InChI is InChI=1S/C23H19ClFN3O4S/c24-15-2-1-14(17(25)11-15)10-19(29)27-22-21(23(31)32)16-5-8-28(12-18(16)33-22)20(30)9-13-3-6-26-7-4-13/h1-4,6-7,11H,5,8-10,12H2,(H,27,29)(H,31,32). The van der Waals surface area contributed by atoms with Crippen LogP contribution in [0, 0.1) is 5.82 Å². The monoisotopic (exact) mass is 487 g/mol. The Hall–Kier alpha value is -3.30. The lowest BCUT2D eigenvalue weighted by atomic mass is 10.0. The topological polar surface area (TPSA) is 99.6 Å². The molecular formula is C23H19ClFN3O4S. The summed E-state index contributed by atoms with van der Waals surface area (Å²) in [6.07, 6.45) is 3.59. The van der Waals surface area contributed by atoms with Gasteiger partial charge in [0.05, 0.1) is 24.9 Å². The number of aromatic carboxylic acids is 1. The molecule has 0 unspecified atom stereocenters. The third-order valence-corrected chi connectivity index (χ3v) is 6.71. The molecule has 2 aromatic heterocycles. The van der Waals surface area contributed by atoms with E-state index in [-0.39, 0.29) is 46.4 Å². The number of nitrogens with one attached hydrogen (secondary N) is 1. The van der Waals surface area contributed by atoms with Gasteiger partial charge < -0.3 is 15.3 Å². The predicted molar refractivity (Wildman–Crippen MR) is 122 cm³/mol. The second-order valence-electron chi connectivity index (χ2n) is 7.57. The van der Waals surface area contributed by atoms with Crippen LogP contribution in [0.3, 0.4) is 0 Å². The highest BCUT2D eigenvalue weighted by Crippen LogP contribution is 2.37. The normalized spacial score (nSPS) is 12.8. The van der Waals surface area contributed by atoms with Gasteiger partial charge >= 0.3 is 5.97 Å². The maximum absolute atomic E-state index is 14.0. The molecule has 0 spiro atoms. The molecule has 1 aliphatic rings. The van der Waals surface area contributed by atoms with Crippen LogP contribution in [0.5, 0.6) is 0 Å². The molecule has 4 rings (SSSR count). The molecule has 3 aromatic rings. The molecule has 0 saturated heterocycles. The zero-order valence-electron chi connectivity index (χ0n) is 17.3. The van der Waals surface area contributed by atoms with Crippen molar-refractivity contribution in [2.45, 2.75) is 25.8 Å². The maximum Gasteiger partial charge on any atom is 0.339 e. The number of fused-ring (bicyclic) bond motifs is 1. The fourth-order valence-corrected chi connectivity index (χ4v) is 5.16. The quantitative estimate of drug-likeness (QED) is 0.548. The molecule has 1 aliphatic heterocycles. The summed E-state index contributed by atoms with van der Waals surface area (Å²) in [5, 5.41) is 12.8. The van der Waals surface area contributed by atoms with Gasteiger partial charge in [0.15, 0.2) is 0 Å². The van der Waals surface area contributed by atoms with Gasteiger partial charge in [-0.2, -0.15) is 0 Å². The number of carbonyl (C=O) groups excluding carboxylic acids is 2. The fraction of sp³-hybridized carbons (Fsp3) is 0.217. The van der Waals surface area contributed by atoms with Crippen molar-refractivity contribution in [1.82, 2.24) is 9.88 Å². The molecule has 0 radical (unpaired) electrons. The summed E-state index contributed by atoms with van der Waals surface area (Å²) in [6.45, 7) is 0.656. The first-order valence-electron chi connectivity index (χ1n) is 10.1. The Bertz CT molecular complexity index is 1230. The number of anilines is 1. The number of hydrogen-bond acceptors (Lipinski definition) is 5. The molecule has 0 bridgehead atoms. The summed E-state index contributed by atoms with van der Waals surface area (Å²) in [5.74, 6) is -2.37. The second-order valence-corrected chi connectivity index (χ2v) is 9.11. The van der Waals surface area contributed by atoms with Crippen LogP contribution < -0.4 is 5.32 Å². The molecule has 2 amide bonds. The number of pyridine rings is 1. The zero-order chi connectivity index (χ0) is 23.5. The van der Waals surface area contributed by atoms with E-state index >= 15 is 0 Å². The SMILES string of the molecule is O=C(Cc1ccc(Cl)cc1F)Nc1sc2c(c1C(=O)O)CCN(C(=O)Cc1ccncc1)C2. The van der Waals surface area contributed by atoms with Gasteiger partial charge in [-0.25, -0.2) is 9.18 Å². The molecule has 1 aromatic carbocycles. The minimum Gasteiger partial charge on any atom is -0.478 e. The molecule has 0 atom stereocenters. The first-order chi connectivity index (χ1) is 15.8. The van der Waals surface area contributed by atoms with Gasteiger partial charge in [0.2, 0.25) is 11.8 Å². The largest absolute Gasteiger partial charge is 0.478 e. The summed E-state index contributed by atoms with van der Waals surface area (Å²) in [4.78, 5) is 43.5. The van der Waals surface area contributed by atoms with Crippen LogP contribution in [0.1, 0.15) is 31.9 Å². The van der Waals surface area contributed by atoms with E-state index in [0.29, 0.717) is 18.5 Å². The van der Waals surface area contributed by atoms with Gasteiger partial charge in [-0.3, -0.25) is 14.6 Å². The molecule has 170 valence electrons. The Morgan fingerprint density at radius 3 is 2.64 bits per heavy atom. The maximum atomic E-state index is 14.0. The number of amides is 2. The highest BCUT2D eigenvalue weighted by Gasteiger charge is 2.30. The average molecular weight is 488 g/mol. The second kappa shape index (κ2) is 9.68. The van der Waals surface area contributed by atoms with Crippen LogP contribution in [0.4, 0.5) is 9.39 Å². The van der Waals surface area contributed by atoms with E-state index in [2.05, 4.69) is 10.3 Å². The van der Waals surface area contributed by atoms with Crippen molar-refractivity contribution in [3.8, 4) is 0 Å². The van der Waals surface area contributed by atoms with Crippen molar-refractivity contribution in [1.29, 1.82) is 0 Å². The molecular weight excluding hydrogens is 469 g/mol. The van der Waals surface area contributed by atoms with Gasteiger partial charge in [0.1, 0.15) is 10.8 Å². The van der Waals surface area contributed by atoms with E-state index < -0.39 is 17.7 Å². The number of thiophene rings is 1. The number of benzene rings is 1. The summed E-state index contributed by atoms with van der Waals surface area (Å²) in [7, 11) is 0. The van der Waals surface area contributed by atoms with Crippen molar-refractivity contribution >= 4 is 45.7 Å². The van der Waals surface area contributed by atoms with Crippen LogP contribution in [-0.2, 0) is 35.4 Å². The van der Waals surface area contributed by atoms with E-state index in [1.807, 2.05) is 0 Å². The minimum atomic E-state index is -1.16. The third kappa shape index (κ3) is 5.20. The number of halogens is 2. The molecule has 10 heteroatoms. The zero-order valence-corrected chi connectivity index (χ0v) is 18.9. The third-order valence-electron chi connectivity index (χ3n) is 5.35. The lowest BCUT2D eigenvalue weighted by molar-refractivity contribution is -0.131. The van der Waals surface area contributed by atoms with Crippen LogP contribution in [-0.4, -0.2) is 39.3 Å². The van der Waals surface area contributed by atoms with Crippen LogP contribution >= 0.6 is 22.9 Å². The van der Waals surface area contributed by atoms with Gasteiger partial charge in [0.25, 0.3) is 0 Å². The summed E-state index contributed by atoms with van der Waals surface area (Å²) >= 11 is 6.87. The molecule has 0 fully saturated rings. The van der Waals surface area contributed by atoms with Crippen molar-refractivity contribution in [2.24, 2.45) is 0 Å². The summed E-state index contributed by atoms with van der Waals surface area (Å²) in [6, 6.07) is 7.57. The Labute approximate surface area is 197 Å². The lowest BCUT2D eigenvalue weighted by Crippen LogP contribution is -2.36. The minimum absolute atomic E-state index is 0.0289. The van der Waals surface area contributed by atoms with Crippen molar-refractivity contribution in [3.05, 3.63) is 80.7 Å². The van der Waals surface area contributed by atoms with Crippen LogP contribution in [0.25, 0.3) is 0 Å². The first kappa shape index (κ1) is 22.9. The number of carbonyl (C=O) groups is 3. The summed E-state index contributed by atoms with van der Waals surface area (Å²) in [5.41, 5.74) is 1.65. The highest BCUT2D eigenvalue weighted by atomic mass is 35.5. The highest BCUT2D eigenvalue weighted by molar-refractivity contribution is 7.17. The van der Waals surface area contributed by atoms with Gasteiger partial charge in [-0.05, 0) is 47.4 Å². The van der Waals surface area contributed by atoms with Gasteiger partial charge in [0, 0.05) is 28.8 Å². The Kier molecular flexibility index (Phi) is 6.71. The molecule has 33 heavy (non-hydrogen) atoms. The fourth-order valence-electron chi connectivity index (χ4n) is 3.73. The molecule has 0 aliphatic carbocycles. The van der Waals surface area contributed by atoms with Gasteiger partial charge in [-0.15, -0.1) is 11.3 Å². The molecule has 3 heterocycles. The van der Waals surface area contributed by atoms with Crippen molar-refractivity contribution < 1.29 is 23.9 Å². The number of rotatable bonds is 6. The average Bonchev–Trinajstić information content (AvgIpc) is 3.13.